The van der Waals surface area contributed by atoms with Gasteiger partial charge in [0, 0.05) is 6.42 Å². The van der Waals surface area contributed by atoms with Gasteiger partial charge in [-0.25, -0.2) is 0 Å². The monoisotopic (exact) mass is 204 g/mol. The van der Waals surface area contributed by atoms with Crippen LogP contribution in [0.1, 0.15) is 16.2 Å². The van der Waals surface area contributed by atoms with Crippen LogP contribution in [0.25, 0.3) is 0 Å². The number of hydrogen-bond acceptors (Lipinski definition) is 4. The first kappa shape index (κ1) is 23.0. The van der Waals surface area contributed by atoms with E-state index in [4.69, 9.17) is 19.8 Å². The third-order valence-electron chi connectivity index (χ3n) is 0.302. The molecule has 0 fully saturated rings. The average Bonchev–Trinajstić information content (AvgIpc) is 1.65. The van der Waals surface area contributed by atoms with E-state index in [9.17, 15) is 4.79 Å². The zero-order valence-electron chi connectivity index (χ0n) is 8.85. The van der Waals surface area contributed by atoms with E-state index < -0.39 is 14.6 Å². The minimum absolute atomic E-state index is 0. The zero-order chi connectivity index (χ0) is 7.86. The fraction of sp³-hybridized carbons (Fsp3) is 0.667. The van der Waals surface area contributed by atoms with Crippen LogP contribution in [-0.4, -0.2) is 25.8 Å². The molecule has 0 bridgehead atoms. The molecule has 0 aliphatic rings. The number of carboxylic acid groups (broad SMARTS) is 1. The van der Waals surface area contributed by atoms with E-state index in [0.29, 0.717) is 0 Å². The molecule has 11 heavy (non-hydrogen) atoms. The Hall–Kier alpha value is 1.78. The molecule has 0 aromatic carbocycles. The van der Waals surface area contributed by atoms with E-state index in [2.05, 4.69) is 0 Å². The van der Waals surface area contributed by atoms with Gasteiger partial charge in [0.05, 0.1) is 0 Å². The van der Waals surface area contributed by atoms with Gasteiger partial charge in [-0.3, -0.25) is 4.79 Å². The molecule has 5 nitrogen and oxygen atoms in total. The molecule has 0 amide bonds. The summed E-state index contributed by atoms with van der Waals surface area (Å²) in [7, 11) is -2.62. The van der Waals surface area contributed by atoms with Gasteiger partial charge in [-0.05, 0) is 0 Å². The van der Waals surface area contributed by atoms with Crippen molar-refractivity contribution in [2.24, 2.45) is 0 Å². The Kier molecular flexibility index (Phi) is 37.1. The third-order valence-corrected chi connectivity index (χ3v) is 0.302. The van der Waals surface area contributed by atoms with Crippen molar-refractivity contribution in [2.45, 2.75) is 13.3 Å². The molecule has 0 spiro atoms. The van der Waals surface area contributed by atoms with E-state index in [1.807, 2.05) is 0 Å². The first-order valence-electron chi connectivity index (χ1n) is 2.09. The van der Waals surface area contributed by atoms with Crippen molar-refractivity contribution in [1.82, 2.24) is 0 Å². The van der Waals surface area contributed by atoms with Crippen molar-refractivity contribution in [2.75, 3.05) is 0 Å². The van der Waals surface area contributed by atoms with Crippen LogP contribution in [0.3, 0.4) is 0 Å². The number of hydrogen-bond donors (Lipinski definition) is 4. The van der Waals surface area contributed by atoms with Crippen molar-refractivity contribution in [3.63, 3.8) is 0 Å². The molecule has 0 aliphatic carbocycles. The fourth-order valence-electron chi connectivity index (χ4n) is 0. The van der Waals surface area contributed by atoms with Crippen LogP contribution in [0.5, 0.6) is 0 Å². The Morgan fingerprint density at radius 2 is 1.45 bits per heavy atom. The molecule has 0 aromatic rings. The Bertz CT molecular complexity index is 85.4. The van der Waals surface area contributed by atoms with E-state index in [1.165, 1.54) is 0 Å². The van der Waals surface area contributed by atoms with Gasteiger partial charge in [-0.1, -0.05) is 6.92 Å². The molecule has 0 saturated carbocycles. The summed E-state index contributed by atoms with van der Waals surface area (Å²) in [5.41, 5.74) is 0. The molecule has 0 aromatic heterocycles. The minimum Gasteiger partial charge on any atom is -1.00 e. The maximum Gasteiger partial charge on any atom is 1.00 e. The SMILES string of the molecule is CCC(=O)O.OP(O)O.[H-].[H-].[Na+].[Na+]. The summed E-state index contributed by atoms with van der Waals surface area (Å²) < 4.78 is 0. The molecule has 0 radical (unpaired) electrons. The zero-order valence-corrected chi connectivity index (χ0v) is 11.7. The van der Waals surface area contributed by atoms with Crippen LogP contribution in [-0.2, 0) is 4.79 Å². The molecule has 0 unspecified atom stereocenters. The van der Waals surface area contributed by atoms with Crippen LogP contribution < -0.4 is 59.1 Å². The van der Waals surface area contributed by atoms with Gasteiger partial charge in [0.1, 0.15) is 0 Å². The summed E-state index contributed by atoms with van der Waals surface area (Å²) in [5.74, 6) is -0.745. The summed E-state index contributed by atoms with van der Waals surface area (Å²) in [6, 6.07) is 0. The van der Waals surface area contributed by atoms with Crippen molar-refractivity contribution in [3.05, 3.63) is 0 Å². The van der Waals surface area contributed by atoms with Crippen molar-refractivity contribution in [1.29, 1.82) is 0 Å². The smallest absolute Gasteiger partial charge is 1.00 e. The standard InChI is InChI=1S/C3H6O2.2Na.H3O3P.2H/c1-2-3(4)5;;;1-4(2)3;;/h2H2,1H3,(H,4,5);;;1-3H;;/q;2*+1;;2*-1. The van der Waals surface area contributed by atoms with Crippen LogP contribution in [0.4, 0.5) is 0 Å². The summed E-state index contributed by atoms with van der Waals surface area (Å²) in [6.45, 7) is 1.60. The van der Waals surface area contributed by atoms with Gasteiger partial charge in [-0.15, -0.1) is 0 Å². The molecule has 0 rings (SSSR count). The van der Waals surface area contributed by atoms with Crippen molar-refractivity contribution >= 4 is 14.6 Å². The Morgan fingerprint density at radius 3 is 1.45 bits per heavy atom. The second-order valence-electron chi connectivity index (χ2n) is 1.02. The van der Waals surface area contributed by atoms with E-state index >= 15 is 0 Å². The second kappa shape index (κ2) is 17.8. The average molecular weight is 204 g/mol. The summed E-state index contributed by atoms with van der Waals surface area (Å²) in [6.07, 6.45) is 0.222. The van der Waals surface area contributed by atoms with Crippen LogP contribution >= 0.6 is 8.60 Å². The van der Waals surface area contributed by atoms with Gasteiger partial charge < -0.3 is 22.6 Å². The van der Waals surface area contributed by atoms with Crippen LogP contribution in [0.2, 0.25) is 0 Å². The normalized spacial score (nSPS) is 6.64. The topological polar surface area (TPSA) is 98.0 Å². The predicted octanol–water partition coefficient (Wildman–Crippen LogP) is -6.10. The predicted molar refractivity (Wildman–Crippen MR) is 33.7 cm³/mol. The van der Waals surface area contributed by atoms with Gasteiger partial charge in [0.2, 0.25) is 0 Å². The van der Waals surface area contributed by atoms with E-state index in [0.717, 1.165) is 0 Å². The summed E-state index contributed by atoms with van der Waals surface area (Å²) >= 11 is 0. The number of rotatable bonds is 1. The molecule has 0 heterocycles. The van der Waals surface area contributed by atoms with Crippen LogP contribution in [0.15, 0.2) is 0 Å². The van der Waals surface area contributed by atoms with Gasteiger partial charge in [0.25, 0.3) is 0 Å². The molecule has 4 N–H and O–H groups in total. The largest absolute Gasteiger partial charge is 1.00 e. The Morgan fingerprint density at radius 1 is 1.36 bits per heavy atom. The van der Waals surface area contributed by atoms with Crippen molar-refractivity contribution in [3.8, 4) is 0 Å². The van der Waals surface area contributed by atoms with Crippen LogP contribution in [0, 0.1) is 0 Å². The summed E-state index contributed by atoms with van der Waals surface area (Å²) in [4.78, 5) is 31.1. The van der Waals surface area contributed by atoms with Gasteiger partial charge >= 0.3 is 73.7 Å². The van der Waals surface area contributed by atoms with Crippen molar-refractivity contribution < 1.29 is 86.5 Å². The summed E-state index contributed by atoms with van der Waals surface area (Å²) in [5, 5.41) is 7.72. The number of aliphatic carboxylic acids is 1. The minimum atomic E-state index is -2.62. The Labute approximate surface area is 113 Å². The molecular weight excluding hydrogens is 193 g/mol. The molecule has 8 heteroatoms. The maximum atomic E-state index is 9.37. The molecular formula is C3H11Na2O5P. The Balaban J connectivity index is -0.0000000146. The third kappa shape index (κ3) is 78.9. The van der Waals surface area contributed by atoms with E-state index in [1.54, 1.807) is 6.92 Å². The number of carbonyl (C=O) groups is 1. The number of carboxylic acids is 1. The molecule has 0 atom stereocenters. The first-order valence-corrected chi connectivity index (χ1v) is 3.29. The fourth-order valence-corrected chi connectivity index (χ4v) is 0. The van der Waals surface area contributed by atoms with Gasteiger partial charge in [-0.2, -0.15) is 0 Å². The quantitative estimate of drug-likeness (QED) is 0.252. The maximum absolute atomic E-state index is 9.37. The second-order valence-corrected chi connectivity index (χ2v) is 1.55. The molecule has 0 aliphatic heterocycles. The van der Waals surface area contributed by atoms with Gasteiger partial charge in [0.15, 0.2) is 0 Å². The first-order chi connectivity index (χ1) is 4.00. The molecule has 0 saturated heterocycles. The van der Waals surface area contributed by atoms with E-state index in [-0.39, 0.29) is 68.4 Å². The molecule has 60 valence electrons.